The summed E-state index contributed by atoms with van der Waals surface area (Å²) in [5.41, 5.74) is 6.10. The van der Waals surface area contributed by atoms with Gasteiger partial charge < -0.3 is 10.6 Å². The molecule has 0 spiro atoms. The van der Waals surface area contributed by atoms with Crippen molar-refractivity contribution in [1.29, 1.82) is 0 Å². The van der Waals surface area contributed by atoms with Gasteiger partial charge >= 0.3 is 0 Å². The van der Waals surface area contributed by atoms with Crippen molar-refractivity contribution >= 4 is 0 Å². The molecule has 0 radical (unpaired) electrons. The zero-order valence-corrected chi connectivity index (χ0v) is 12.2. The van der Waals surface area contributed by atoms with Gasteiger partial charge in [-0.1, -0.05) is 33.6 Å². The first kappa shape index (κ1) is 15.0. The van der Waals surface area contributed by atoms with Crippen molar-refractivity contribution in [2.75, 3.05) is 19.6 Å². The number of rotatable bonds is 8. The molecule has 0 atom stereocenters. The minimum absolute atomic E-state index is 0.434. The van der Waals surface area contributed by atoms with Crippen LogP contribution in [-0.2, 0) is 0 Å². The van der Waals surface area contributed by atoms with Crippen LogP contribution in [-0.4, -0.2) is 30.6 Å². The van der Waals surface area contributed by atoms with Gasteiger partial charge in [-0.2, -0.15) is 0 Å². The van der Waals surface area contributed by atoms with Gasteiger partial charge in [0.15, 0.2) is 0 Å². The van der Waals surface area contributed by atoms with Crippen LogP contribution in [0.3, 0.4) is 0 Å². The van der Waals surface area contributed by atoms with Crippen LogP contribution in [0.15, 0.2) is 0 Å². The second-order valence-corrected chi connectivity index (χ2v) is 6.37. The molecule has 2 N–H and O–H groups in total. The maximum atomic E-state index is 5.66. The number of nitrogens with zero attached hydrogens (tertiary/aromatic N) is 1. The molecule has 17 heavy (non-hydrogen) atoms. The van der Waals surface area contributed by atoms with Crippen LogP contribution in [0.5, 0.6) is 0 Å². The fourth-order valence-corrected chi connectivity index (χ4v) is 3.14. The van der Waals surface area contributed by atoms with E-state index in [0.717, 1.165) is 19.0 Å². The lowest BCUT2D eigenvalue weighted by atomic mass is 9.84. The van der Waals surface area contributed by atoms with Crippen LogP contribution in [0, 0.1) is 5.41 Å². The van der Waals surface area contributed by atoms with Crippen molar-refractivity contribution in [2.45, 2.75) is 71.8 Å². The summed E-state index contributed by atoms with van der Waals surface area (Å²) < 4.78 is 0. The quantitative estimate of drug-likeness (QED) is 0.704. The van der Waals surface area contributed by atoms with Gasteiger partial charge in [0, 0.05) is 6.04 Å². The Kier molecular flexibility index (Phi) is 6.50. The third-order valence-electron chi connectivity index (χ3n) is 4.37. The van der Waals surface area contributed by atoms with Crippen LogP contribution in [0.4, 0.5) is 0 Å². The average molecular weight is 240 g/mol. The lowest BCUT2D eigenvalue weighted by Crippen LogP contribution is -2.34. The molecule has 1 saturated carbocycles. The molecule has 0 aromatic heterocycles. The Labute approximate surface area is 108 Å². The van der Waals surface area contributed by atoms with Gasteiger partial charge in [-0.25, -0.2) is 0 Å². The first-order chi connectivity index (χ1) is 8.09. The van der Waals surface area contributed by atoms with E-state index in [2.05, 4.69) is 25.7 Å². The molecule has 1 aliphatic rings. The summed E-state index contributed by atoms with van der Waals surface area (Å²) >= 11 is 0. The first-order valence-corrected chi connectivity index (χ1v) is 7.53. The van der Waals surface area contributed by atoms with E-state index in [-0.39, 0.29) is 0 Å². The van der Waals surface area contributed by atoms with Gasteiger partial charge in [0.05, 0.1) is 0 Å². The molecule has 0 saturated heterocycles. The average Bonchev–Trinajstić information content (AvgIpc) is 2.77. The van der Waals surface area contributed by atoms with Crippen LogP contribution in [0.1, 0.15) is 65.7 Å². The Morgan fingerprint density at radius 1 is 1.18 bits per heavy atom. The second-order valence-electron chi connectivity index (χ2n) is 6.37. The molecular weight excluding hydrogens is 208 g/mol. The lowest BCUT2D eigenvalue weighted by molar-refractivity contribution is 0.189. The maximum absolute atomic E-state index is 5.66. The predicted molar refractivity (Wildman–Crippen MR) is 76.2 cm³/mol. The molecule has 0 aliphatic heterocycles. The third-order valence-corrected chi connectivity index (χ3v) is 4.37. The molecule has 1 aliphatic carbocycles. The fourth-order valence-electron chi connectivity index (χ4n) is 3.14. The largest absolute Gasteiger partial charge is 0.330 e. The van der Waals surface area contributed by atoms with Crippen molar-refractivity contribution in [3.05, 3.63) is 0 Å². The van der Waals surface area contributed by atoms with Crippen LogP contribution >= 0.6 is 0 Å². The molecule has 102 valence electrons. The summed E-state index contributed by atoms with van der Waals surface area (Å²) in [4.78, 5) is 2.70. The molecule has 0 unspecified atom stereocenters. The lowest BCUT2D eigenvalue weighted by Gasteiger charge is -2.30. The molecule has 2 heteroatoms. The van der Waals surface area contributed by atoms with E-state index >= 15 is 0 Å². The van der Waals surface area contributed by atoms with E-state index in [0.29, 0.717) is 5.41 Å². The summed E-state index contributed by atoms with van der Waals surface area (Å²) in [5, 5.41) is 0. The fraction of sp³-hybridized carbons (Fsp3) is 1.00. The van der Waals surface area contributed by atoms with Gasteiger partial charge in [-0.3, -0.25) is 0 Å². The van der Waals surface area contributed by atoms with E-state index in [1.165, 1.54) is 51.6 Å². The van der Waals surface area contributed by atoms with Crippen molar-refractivity contribution in [1.82, 2.24) is 4.90 Å². The first-order valence-electron chi connectivity index (χ1n) is 7.53. The van der Waals surface area contributed by atoms with E-state index in [4.69, 9.17) is 5.73 Å². The molecule has 0 amide bonds. The molecule has 1 rings (SSSR count). The Morgan fingerprint density at radius 3 is 2.35 bits per heavy atom. The highest BCUT2D eigenvalue weighted by Gasteiger charge is 2.22. The number of hydrogen-bond acceptors (Lipinski definition) is 2. The van der Waals surface area contributed by atoms with Crippen molar-refractivity contribution in [3.63, 3.8) is 0 Å². The highest BCUT2D eigenvalue weighted by Crippen LogP contribution is 2.27. The summed E-state index contributed by atoms with van der Waals surface area (Å²) in [7, 11) is 0. The monoisotopic (exact) mass is 240 g/mol. The van der Waals surface area contributed by atoms with Crippen molar-refractivity contribution < 1.29 is 0 Å². The van der Waals surface area contributed by atoms with Gasteiger partial charge in [0.2, 0.25) is 0 Å². The highest BCUT2D eigenvalue weighted by molar-refractivity contribution is 4.77. The summed E-state index contributed by atoms with van der Waals surface area (Å²) in [5.74, 6) is 0. The molecule has 0 heterocycles. The molecule has 0 aromatic carbocycles. The zero-order valence-electron chi connectivity index (χ0n) is 12.2. The summed E-state index contributed by atoms with van der Waals surface area (Å²) in [6.45, 7) is 10.4. The van der Waals surface area contributed by atoms with E-state index in [1.807, 2.05) is 0 Å². The van der Waals surface area contributed by atoms with Crippen molar-refractivity contribution in [3.8, 4) is 0 Å². The molecule has 1 fully saturated rings. The third kappa shape index (κ3) is 5.39. The number of hydrogen-bond donors (Lipinski definition) is 1. The topological polar surface area (TPSA) is 29.3 Å². The smallest absolute Gasteiger partial charge is 0.00951 e. The van der Waals surface area contributed by atoms with E-state index in [9.17, 15) is 0 Å². The van der Waals surface area contributed by atoms with E-state index < -0.39 is 0 Å². The van der Waals surface area contributed by atoms with Crippen LogP contribution in [0.2, 0.25) is 0 Å². The molecule has 2 nitrogen and oxygen atoms in total. The molecule has 0 bridgehead atoms. The highest BCUT2D eigenvalue weighted by atomic mass is 15.1. The van der Waals surface area contributed by atoms with Gasteiger partial charge in [0.25, 0.3) is 0 Å². The van der Waals surface area contributed by atoms with Crippen molar-refractivity contribution in [2.24, 2.45) is 11.1 Å². The van der Waals surface area contributed by atoms with Gasteiger partial charge in [-0.05, 0) is 57.2 Å². The Balaban J connectivity index is 2.23. The minimum Gasteiger partial charge on any atom is -0.330 e. The summed E-state index contributed by atoms with van der Waals surface area (Å²) in [6.07, 6.45) is 9.55. The van der Waals surface area contributed by atoms with Crippen LogP contribution in [0.25, 0.3) is 0 Å². The van der Waals surface area contributed by atoms with Gasteiger partial charge in [0.1, 0.15) is 0 Å². The predicted octanol–water partition coefficient (Wildman–Crippen LogP) is 3.41. The maximum Gasteiger partial charge on any atom is 0.00951 e. The Bertz CT molecular complexity index is 195. The summed E-state index contributed by atoms with van der Waals surface area (Å²) in [6, 6.07) is 0.887. The second kappa shape index (κ2) is 7.38. The minimum atomic E-state index is 0.434. The number of nitrogens with two attached hydrogens (primary N) is 1. The SMILES string of the molecule is CCN(CCCC(C)(C)CCN)C1CCCC1. The molecular formula is C15H32N2. The van der Waals surface area contributed by atoms with E-state index in [1.54, 1.807) is 0 Å². The normalized spacial score (nSPS) is 18.2. The van der Waals surface area contributed by atoms with Crippen LogP contribution < -0.4 is 5.73 Å². The Morgan fingerprint density at radius 2 is 1.82 bits per heavy atom. The standard InChI is InChI=1S/C15H32N2/c1-4-17(14-8-5-6-9-14)13-7-10-15(2,3)11-12-16/h14H,4-13,16H2,1-3H3. The van der Waals surface area contributed by atoms with Gasteiger partial charge in [-0.15, -0.1) is 0 Å². The Hall–Kier alpha value is -0.0800. The molecule has 0 aromatic rings. The zero-order chi connectivity index (χ0) is 12.7.